The van der Waals surface area contributed by atoms with E-state index in [1.54, 1.807) is 0 Å². The van der Waals surface area contributed by atoms with E-state index in [9.17, 15) is 13.2 Å². The lowest BCUT2D eigenvalue weighted by Crippen LogP contribution is -2.32. The van der Waals surface area contributed by atoms with E-state index in [0.29, 0.717) is 25.4 Å². The highest BCUT2D eigenvalue weighted by molar-refractivity contribution is 7.92. The normalized spacial score (nSPS) is 16.3. The van der Waals surface area contributed by atoms with Gasteiger partial charge in [0.25, 0.3) is 0 Å². The molecular weight excluding hydrogens is 216 g/mol. The maximum Gasteiger partial charge on any atom is 0.235 e. The van der Waals surface area contributed by atoms with E-state index in [2.05, 4.69) is 5.32 Å². The van der Waals surface area contributed by atoms with Crippen molar-refractivity contribution in [2.45, 2.75) is 19.3 Å². The molecule has 0 atom stereocenters. The van der Waals surface area contributed by atoms with Crippen LogP contribution in [0.25, 0.3) is 0 Å². The largest absolute Gasteiger partial charge is 0.355 e. The molecule has 6 heteroatoms. The van der Waals surface area contributed by atoms with Crippen LogP contribution < -0.4 is 11.1 Å². The Morgan fingerprint density at radius 2 is 2.07 bits per heavy atom. The molecule has 5 nitrogen and oxygen atoms in total. The standard InChI is InChI=1S/C9H18N2O3S/c10-4-1-5-15(13,14)7-9(12)11-6-8-2-3-8/h8H,1-7,10H2,(H,11,12). The highest BCUT2D eigenvalue weighted by Crippen LogP contribution is 2.27. The highest BCUT2D eigenvalue weighted by Gasteiger charge is 2.23. The topological polar surface area (TPSA) is 89.3 Å². The summed E-state index contributed by atoms with van der Waals surface area (Å²) in [5.41, 5.74) is 5.21. The molecule has 0 heterocycles. The number of hydrogen-bond acceptors (Lipinski definition) is 4. The Bertz CT molecular complexity index is 309. The minimum atomic E-state index is -3.26. The zero-order chi connectivity index (χ0) is 11.3. The maximum atomic E-state index is 11.3. The summed E-state index contributed by atoms with van der Waals surface area (Å²) in [5.74, 6) is -0.223. The van der Waals surface area contributed by atoms with Gasteiger partial charge in [-0.3, -0.25) is 4.79 Å². The van der Waals surface area contributed by atoms with Gasteiger partial charge in [-0.05, 0) is 31.7 Å². The second-order valence-electron chi connectivity index (χ2n) is 3.98. The van der Waals surface area contributed by atoms with Crippen molar-refractivity contribution in [3.05, 3.63) is 0 Å². The smallest absolute Gasteiger partial charge is 0.235 e. The molecule has 15 heavy (non-hydrogen) atoms. The second-order valence-corrected chi connectivity index (χ2v) is 6.17. The predicted octanol–water partition coefficient (Wildman–Crippen LogP) is -0.724. The third kappa shape index (κ3) is 5.74. The van der Waals surface area contributed by atoms with E-state index in [1.165, 1.54) is 0 Å². The van der Waals surface area contributed by atoms with Crippen LogP contribution in [0, 0.1) is 5.92 Å². The van der Waals surface area contributed by atoms with E-state index < -0.39 is 15.6 Å². The number of carbonyl (C=O) groups excluding carboxylic acids is 1. The Morgan fingerprint density at radius 3 is 2.60 bits per heavy atom. The molecule has 0 unspecified atom stereocenters. The fraction of sp³-hybridized carbons (Fsp3) is 0.889. The zero-order valence-corrected chi connectivity index (χ0v) is 9.55. The minimum Gasteiger partial charge on any atom is -0.355 e. The summed E-state index contributed by atoms with van der Waals surface area (Å²) in [6, 6.07) is 0. The van der Waals surface area contributed by atoms with Crippen LogP contribution in [0.2, 0.25) is 0 Å². The third-order valence-corrected chi connectivity index (χ3v) is 3.91. The maximum absolute atomic E-state index is 11.3. The van der Waals surface area contributed by atoms with Crippen molar-refractivity contribution >= 4 is 15.7 Å². The van der Waals surface area contributed by atoms with Gasteiger partial charge < -0.3 is 11.1 Å². The van der Waals surface area contributed by atoms with E-state index in [0.717, 1.165) is 12.8 Å². The van der Waals surface area contributed by atoms with E-state index in [4.69, 9.17) is 5.73 Å². The molecule has 0 saturated heterocycles. The monoisotopic (exact) mass is 234 g/mol. The van der Waals surface area contributed by atoms with Gasteiger partial charge in [0.05, 0.1) is 5.75 Å². The summed E-state index contributed by atoms with van der Waals surface area (Å²) < 4.78 is 22.7. The Labute approximate surface area is 90.3 Å². The number of nitrogens with one attached hydrogen (secondary N) is 1. The summed E-state index contributed by atoms with van der Waals surface area (Å²) >= 11 is 0. The highest BCUT2D eigenvalue weighted by atomic mass is 32.2. The minimum absolute atomic E-state index is 0.000346. The summed E-state index contributed by atoms with van der Waals surface area (Å²) in [4.78, 5) is 11.2. The van der Waals surface area contributed by atoms with Crippen LogP contribution in [0.4, 0.5) is 0 Å². The van der Waals surface area contributed by atoms with Crippen molar-refractivity contribution < 1.29 is 13.2 Å². The molecule has 3 N–H and O–H groups in total. The molecule has 1 saturated carbocycles. The fourth-order valence-corrected chi connectivity index (χ4v) is 2.46. The first-order chi connectivity index (χ1) is 7.03. The van der Waals surface area contributed by atoms with Crippen LogP contribution in [-0.2, 0) is 14.6 Å². The average Bonchev–Trinajstić information content (AvgIpc) is 2.94. The lowest BCUT2D eigenvalue weighted by molar-refractivity contribution is -0.118. The number of sulfone groups is 1. The number of nitrogens with two attached hydrogens (primary N) is 1. The van der Waals surface area contributed by atoms with Crippen LogP contribution in [-0.4, -0.2) is 38.9 Å². The van der Waals surface area contributed by atoms with E-state index in [-0.39, 0.29) is 11.7 Å². The van der Waals surface area contributed by atoms with Crippen LogP contribution in [0.15, 0.2) is 0 Å². The van der Waals surface area contributed by atoms with Gasteiger partial charge in [-0.1, -0.05) is 0 Å². The average molecular weight is 234 g/mol. The Morgan fingerprint density at radius 1 is 1.40 bits per heavy atom. The molecule has 1 fully saturated rings. The van der Waals surface area contributed by atoms with Gasteiger partial charge in [-0.15, -0.1) is 0 Å². The number of rotatable bonds is 7. The lowest BCUT2D eigenvalue weighted by Gasteiger charge is -2.04. The van der Waals surface area contributed by atoms with Crippen molar-refractivity contribution in [1.82, 2.24) is 5.32 Å². The van der Waals surface area contributed by atoms with Gasteiger partial charge in [0.15, 0.2) is 9.84 Å². The first-order valence-corrected chi connectivity index (χ1v) is 7.03. The quantitative estimate of drug-likeness (QED) is 0.608. The van der Waals surface area contributed by atoms with Crippen molar-refractivity contribution in [3.63, 3.8) is 0 Å². The molecule has 88 valence electrons. The molecule has 1 amide bonds. The van der Waals surface area contributed by atoms with Crippen molar-refractivity contribution in [3.8, 4) is 0 Å². The molecule has 0 bridgehead atoms. The number of carbonyl (C=O) groups is 1. The van der Waals surface area contributed by atoms with Gasteiger partial charge in [-0.2, -0.15) is 0 Å². The van der Waals surface area contributed by atoms with Gasteiger partial charge in [0.2, 0.25) is 5.91 Å². The van der Waals surface area contributed by atoms with E-state index >= 15 is 0 Å². The molecule has 1 aliphatic carbocycles. The first-order valence-electron chi connectivity index (χ1n) is 5.20. The molecule has 0 aromatic rings. The SMILES string of the molecule is NCCCS(=O)(=O)CC(=O)NCC1CC1. The molecule has 0 aliphatic heterocycles. The van der Waals surface area contributed by atoms with Crippen molar-refractivity contribution in [2.24, 2.45) is 11.7 Å². The molecule has 0 aromatic carbocycles. The number of amides is 1. The van der Waals surface area contributed by atoms with Gasteiger partial charge in [-0.25, -0.2) is 8.42 Å². The molecule has 1 aliphatic rings. The summed E-state index contributed by atoms with van der Waals surface area (Å²) in [6.07, 6.45) is 2.69. The molecular formula is C9H18N2O3S. The predicted molar refractivity (Wildman–Crippen MR) is 58.1 cm³/mol. The second kappa shape index (κ2) is 5.46. The fourth-order valence-electron chi connectivity index (χ4n) is 1.21. The first kappa shape index (κ1) is 12.4. The molecule has 0 radical (unpaired) electrons. The van der Waals surface area contributed by atoms with Gasteiger partial charge >= 0.3 is 0 Å². The number of hydrogen-bond donors (Lipinski definition) is 2. The molecule has 0 spiro atoms. The molecule has 0 aromatic heterocycles. The van der Waals surface area contributed by atoms with Crippen LogP contribution in [0.1, 0.15) is 19.3 Å². The van der Waals surface area contributed by atoms with Gasteiger partial charge in [0, 0.05) is 6.54 Å². The Hall–Kier alpha value is -0.620. The van der Waals surface area contributed by atoms with Gasteiger partial charge in [0.1, 0.15) is 5.75 Å². The van der Waals surface area contributed by atoms with E-state index in [1.807, 2.05) is 0 Å². The van der Waals surface area contributed by atoms with Crippen molar-refractivity contribution in [1.29, 1.82) is 0 Å². The Balaban J connectivity index is 2.22. The summed E-state index contributed by atoms with van der Waals surface area (Å²) in [5, 5.41) is 2.63. The molecule has 1 rings (SSSR count). The lowest BCUT2D eigenvalue weighted by atomic mass is 10.4. The summed E-state index contributed by atoms with van der Waals surface area (Å²) in [6.45, 7) is 0.953. The van der Waals surface area contributed by atoms with Crippen LogP contribution >= 0.6 is 0 Å². The zero-order valence-electron chi connectivity index (χ0n) is 8.74. The van der Waals surface area contributed by atoms with Crippen LogP contribution in [0.3, 0.4) is 0 Å². The van der Waals surface area contributed by atoms with Crippen LogP contribution in [0.5, 0.6) is 0 Å². The van der Waals surface area contributed by atoms with Crippen molar-refractivity contribution in [2.75, 3.05) is 24.6 Å². The third-order valence-electron chi connectivity index (χ3n) is 2.30. The summed E-state index contributed by atoms with van der Waals surface area (Å²) in [7, 11) is -3.26. The Kier molecular flexibility index (Phi) is 4.53.